The molecular weight excluding hydrogens is 695 g/mol. The van der Waals surface area contributed by atoms with Gasteiger partial charge in [-0.2, -0.15) is 0 Å². The van der Waals surface area contributed by atoms with Crippen LogP contribution in [0.25, 0.3) is 0 Å². The highest BCUT2D eigenvalue weighted by atomic mass is 16.6. The molecule has 4 aliphatic carbocycles. The lowest BCUT2D eigenvalue weighted by atomic mass is 9.43. The normalized spacial score (nSPS) is 38.7. The van der Waals surface area contributed by atoms with Crippen LogP contribution in [0, 0.1) is 23.7 Å². The predicted molar refractivity (Wildman–Crippen MR) is 211 cm³/mol. The Morgan fingerprint density at radius 3 is 2.44 bits per heavy atom. The van der Waals surface area contributed by atoms with Gasteiger partial charge in [0.25, 0.3) is 0 Å². The van der Waals surface area contributed by atoms with Crippen molar-refractivity contribution in [2.75, 3.05) is 47.1 Å². The average Bonchev–Trinajstić information content (AvgIpc) is 3.29. The summed E-state index contributed by atoms with van der Waals surface area (Å²) < 4.78 is 34.2. The van der Waals surface area contributed by atoms with E-state index in [0.29, 0.717) is 18.4 Å². The summed E-state index contributed by atoms with van der Waals surface area (Å²) in [6.07, 6.45) is 13.7. The van der Waals surface area contributed by atoms with E-state index in [2.05, 4.69) is 89.6 Å². The van der Waals surface area contributed by atoms with Gasteiger partial charge in [-0.25, -0.2) is 4.79 Å². The Morgan fingerprint density at radius 2 is 1.75 bits per heavy atom. The Labute approximate surface area is 327 Å². The summed E-state index contributed by atoms with van der Waals surface area (Å²) in [4.78, 5) is 38.6. The standard InChI is InChI=1S/C45H61N3O7/c1-26(2)12-11-17-43(8)18-16-30-37(53-43)29(14-13-27(3)4)39-33-35(46-25-52-38(30)33)34-36(48-22-20-47(9)21-23-48)31-24-32-42(6,7)55-44(40(31)49,45(32,34)54-39)19-15-28(5)41(50)51-10/h12-13,15-16,18,31-34,36,38H,11,14,17,19-25H2,1-10H3. The van der Waals surface area contributed by atoms with Crippen molar-refractivity contribution in [3.63, 3.8) is 0 Å². The second kappa shape index (κ2) is 13.7. The summed E-state index contributed by atoms with van der Waals surface area (Å²) in [6.45, 7) is 20.5. The molecule has 3 saturated carbocycles. The lowest BCUT2D eigenvalue weighted by Crippen LogP contribution is -2.82. The second-order valence-electron chi connectivity index (χ2n) is 18.5. The first-order valence-electron chi connectivity index (χ1n) is 20.5. The maximum Gasteiger partial charge on any atom is 0.333 e. The van der Waals surface area contributed by atoms with Gasteiger partial charge in [-0.15, -0.1) is 0 Å². The van der Waals surface area contributed by atoms with Crippen molar-refractivity contribution in [3.05, 3.63) is 69.8 Å². The molecule has 0 aromatic carbocycles. The molecular formula is C45H61N3O7. The first kappa shape index (κ1) is 38.6. The SMILES string of the molecule is COC(=O)C(C)=CCC12OC(C)(C)C3CC(C1=O)C(N1CCN(C)CC1)C1C4=NCOC5C6=C(OC(C)(CCC=C(C)C)C=C6)C(CC=C(C)C)=C(OC132)C45. The molecule has 55 heavy (non-hydrogen) atoms. The molecule has 9 unspecified atom stereocenters. The molecule has 0 amide bonds. The predicted octanol–water partition coefficient (Wildman–Crippen LogP) is 6.65. The zero-order valence-electron chi connectivity index (χ0n) is 34.6. The van der Waals surface area contributed by atoms with E-state index in [1.54, 1.807) is 6.92 Å². The monoisotopic (exact) mass is 755 g/mol. The number of rotatable bonds is 9. The number of hydrogen-bond acceptors (Lipinski definition) is 10. The molecule has 298 valence electrons. The lowest BCUT2D eigenvalue weighted by Gasteiger charge is -2.67. The van der Waals surface area contributed by atoms with E-state index >= 15 is 4.79 Å². The molecule has 3 saturated heterocycles. The van der Waals surface area contributed by atoms with Gasteiger partial charge in [-0.05, 0) is 94.2 Å². The fourth-order valence-corrected chi connectivity index (χ4v) is 11.4. The Balaban J connectivity index is 1.35. The molecule has 0 aromatic rings. The fourth-order valence-electron chi connectivity index (χ4n) is 11.4. The van der Waals surface area contributed by atoms with Gasteiger partial charge in [0.1, 0.15) is 30.0 Å². The van der Waals surface area contributed by atoms with Crippen LogP contribution >= 0.6 is 0 Å². The highest BCUT2D eigenvalue weighted by Gasteiger charge is 2.86. The third-order valence-electron chi connectivity index (χ3n) is 14.0. The lowest BCUT2D eigenvalue weighted by molar-refractivity contribution is -0.235. The summed E-state index contributed by atoms with van der Waals surface area (Å²) in [6, 6.07) is -0.0964. The van der Waals surface area contributed by atoms with Gasteiger partial charge in [0.15, 0.2) is 17.0 Å². The maximum absolute atomic E-state index is 15.5. The number of piperazine rings is 1. The van der Waals surface area contributed by atoms with E-state index in [-0.39, 0.29) is 54.8 Å². The largest absolute Gasteiger partial charge is 0.486 e. The number of esters is 1. The van der Waals surface area contributed by atoms with Crippen LogP contribution < -0.4 is 0 Å². The van der Waals surface area contributed by atoms with Crippen LogP contribution in [0.5, 0.6) is 0 Å². The Hall–Kier alpha value is -3.31. The number of likely N-dealkylation sites (N-methyl/N-ethyl adjacent to an activating group) is 1. The molecule has 10 heteroatoms. The average molecular weight is 756 g/mol. The van der Waals surface area contributed by atoms with Crippen LogP contribution in [0.3, 0.4) is 0 Å². The van der Waals surface area contributed by atoms with Gasteiger partial charge in [-0.3, -0.25) is 14.7 Å². The van der Waals surface area contributed by atoms with E-state index in [4.69, 9.17) is 28.7 Å². The highest BCUT2D eigenvalue weighted by Crippen LogP contribution is 2.72. The number of nitrogens with zero attached hydrogens (tertiary/aromatic N) is 3. The number of carbonyl (C=O) groups is 2. The smallest absolute Gasteiger partial charge is 0.333 e. The Kier molecular flexibility index (Phi) is 9.58. The van der Waals surface area contributed by atoms with Crippen LogP contribution in [0.15, 0.2) is 74.8 Å². The van der Waals surface area contributed by atoms with Crippen molar-refractivity contribution >= 4 is 17.5 Å². The molecule has 4 bridgehead atoms. The number of allylic oxidation sites excluding steroid dienone is 5. The van der Waals surface area contributed by atoms with Crippen molar-refractivity contribution < 1.29 is 33.3 Å². The zero-order chi connectivity index (χ0) is 39.2. The van der Waals surface area contributed by atoms with E-state index < -0.39 is 28.4 Å². The molecule has 9 atom stereocenters. The van der Waals surface area contributed by atoms with Crippen LogP contribution in [0.4, 0.5) is 0 Å². The van der Waals surface area contributed by atoms with Gasteiger partial charge in [0.05, 0.1) is 24.5 Å². The van der Waals surface area contributed by atoms with Crippen molar-refractivity contribution in [1.29, 1.82) is 0 Å². The molecule has 0 radical (unpaired) electrons. The van der Waals surface area contributed by atoms with Gasteiger partial charge in [-0.1, -0.05) is 35.5 Å². The number of Topliss-reactive ketones (excluding diaryl/α,β-unsaturated/α-hetero) is 1. The Bertz CT molecular complexity index is 1870. The summed E-state index contributed by atoms with van der Waals surface area (Å²) in [5, 5.41) is 0. The molecule has 6 fully saturated rings. The quantitative estimate of drug-likeness (QED) is 0.146. The molecule has 0 N–H and O–H groups in total. The van der Waals surface area contributed by atoms with Gasteiger partial charge < -0.3 is 28.6 Å². The van der Waals surface area contributed by atoms with E-state index in [9.17, 15) is 4.79 Å². The molecule has 9 aliphatic rings. The van der Waals surface area contributed by atoms with E-state index in [0.717, 1.165) is 67.4 Å². The van der Waals surface area contributed by atoms with Crippen molar-refractivity contribution in [2.45, 2.75) is 122 Å². The molecule has 10 nitrogen and oxygen atoms in total. The topological polar surface area (TPSA) is 99.1 Å². The van der Waals surface area contributed by atoms with Gasteiger partial charge in [0.2, 0.25) is 0 Å². The number of carbonyl (C=O) groups excluding carboxylic acids is 2. The Morgan fingerprint density at radius 1 is 1.02 bits per heavy atom. The first-order chi connectivity index (χ1) is 26.1. The number of aliphatic imine (C=N–C) groups is 1. The summed E-state index contributed by atoms with van der Waals surface area (Å²) >= 11 is 0. The fraction of sp³-hybridized carbons (Fsp3) is 0.667. The number of hydrogen-bond donors (Lipinski definition) is 0. The first-order valence-corrected chi connectivity index (χ1v) is 20.5. The number of ether oxygens (including phenoxy) is 5. The summed E-state index contributed by atoms with van der Waals surface area (Å²) in [7, 11) is 3.55. The second-order valence-corrected chi connectivity index (χ2v) is 18.5. The summed E-state index contributed by atoms with van der Waals surface area (Å²) in [5.74, 6) is 0.421. The minimum absolute atomic E-state index is 0.0805. The molecule has 5 heterocycles. The van der Waals surface area contributed by atoms with E-state index in [1.165, 1.54) is 18.3 Å². The van der Waals surface area contributed by atoms with Crippen LogP contribution in [0.1, 0.15) is 87.5 Å². The minimum atomic E-state index is -1.34. The number of fused-ring (bicyclic) bond motifs is 1. The number of methoxy groups -OCH3 is 1. The minimum Gasteiger partial charge on any atom is -0.486 e. The summed E-state index contributed by atoms with van der Waals surface area (Å²) in [5.41, 5.74) is 2.39. The molecule has 0 aromatic heterocycles. The molecule has 5 aliphatic heterocycles. The van der Waals surface area contributed by atoms with Crippen molar-refractivity contribution in [1.82, 2.24) is 9.80 Å². The van der Waals surface area contributed by atoms with Crippen molar-refractivity contribution in [3.8, 4) is 0 Å². The van der Waals surface area contributed by atoms with Crippen LogP contribution in [0.2, 0.25) is 0 Å². The zero-order valence-corrected chi connectivity index (χ0v) is 34.6. The molecule has 9 rings (SSSR count). The highest BCUT2D eigenvalue weighted by molar-refractivity contribution is 6.03. The van der Waals surface area contributed by atoms with Crippen LogP contribution in [-0.2, 0) is 33.3 Å². The molecule has 1 spiro atoms. The van der Waals surface area contributed by atoms with Gasteiger partial charge >= 0.3 is 5.97 Å². The third kappa shape index (κ3) is 5.82. The number of ketones is 1. The van der Waals surface area contributed by atoms with Gasteiger partial charge in [0, 0.05) is 72.9 Å². The maximum atomic E-state index is 15.5. The third-order valence-corrected chi connectivity index (χ3v) is 14.0. The van der Waals surface area contributed by atoms with E-state index in [1.807, 2.05) is 6.08 Å². The van der Waals surface area contributed by atoms with Crippen molar-refractivity contribution in [2.24, 2.45) is 28.7 Å². The van der Waals surface area contributed by atoms with Crippen LogP contribution in [-0.4, -0.2) is 109 Å².